The predicted molar refractivity (Wildman–Crippen MR) is 77.9 cm³/mol. The highest BCUT2D eigenvalue weighted by atomic mass is 79.9. The van der Waals surface area contributed by atoms with Crippen molar-refractivity contribution in [3.05, 3.63) is 51.6 Å². The highest BCUT2D eigenvalue weighted by Crippen LogP contribution is 2.23. The molecular weight excluding hydrogens is 332 g/mol. The van der Waals surface area contributed by atoms with Crippen molar-refractivity contribution in [3.8, 4) is 5.75 Å². The van der Waals surface area contributed by atoms with Crippen LogP contribution in [0.15, 0.2) is 40.9 Å². The standard InChI is InChI=1S/C13H10BrClN2O2/c1-19-8-5-6-10(14)9(7-8)13(18)17-12-4-2-3-11(15)16-12/h2-7H,1H3,(H,16,17,18). The van der Waals surface area contributed by atoms with Crippen molar-refractivity contribution in [1.29, 1.82) is 0 Å². The molecule has 4 nitrogen and oxygen atoms in total. The molecule has 0 fully saturated rings. The second kappa shape index (κ2) is 6.04. The number of pyridine rings is 1. The number of benzene rings is 1. The van der Waals surface area contributed by atoms with E-state index in [1.807, 2.05) is 0 Å². The van der Waals surface area contributed by atoms with Gasteiger partial charge >= 0.3 is 0 Å². The number of halogens is 2. The second-order valence-electron chi connectivity index (χ2n) is 3.65. The van der Waals surface area contributed by atoms with E-state index in [-0.39, 0.29) is 5.91 Å². The Hall–Kier alpha value is -1.59. The number of hydrogen-bond acceptors (Lipinski definition) is 3. The first-order valence-corrected chi connectivity index (χ1v) is 6.54. The van der Waals surface area contributed by atoms with E-state index in [9.17, 15) is 4.79 Å². The monoisotopic (exact) mass is 340 g/mol. The number of nitrogens with zero attached hydrogens (tertiary/aromatic N) is 1. The lowest BCUT2D eigenvalue weighted by Crippen LogP contribution is -2.13. The topological polar surface area (TPSA) is 51.2 Å². The van der Waals surface area contributed by atoms with E-state index in [4.69, 9.17) is 16.3 Å². The average Bonchev–Trinajstić information content (AvgIpc) is 2.39. The Morgan fingerprint density at radius 2 is 2.16 bits per heavy atom. The molecule has 0 saturated carbocycles. The summed E-state index contributed by atoms with van der Waals surface area (Å²) in [5.41, 5.74) is 0.459. The molecule has 0 atom stereocenters. The fourth-order valence-corrected chi connectivity index (χ4v) is 2.06. The Morgan fingerprint density at radius 3 is 2.84 bits per heavy atom. The van der Waals surface area contributed by atoms with Crippen LogP contribution in [0.3, 0.4) is 0 Å². The summed E-state index contributed by atoms with van der Waals surface area (Å²) in [6.45, 7) is 0. The summed E-state index contributed by atoms with van der Waals surface area (Å²) < 4.78 is 5.77. The van der Waals surface area contributed by atoms with Crippen molar-refractivity contribution in [2.75, 3.05) is 12.4 Å². The minimum absolute atomic E-state index is 0.291. The Labute approximate surface area is 123 Å². The minimum Gasteiger partial charge on any atom is -0.497 e. The zero-order valence-corrected chi connectivity index (χ0v) is 12.3. The fourth-order valence-electron chi connectivity index (χ4n) is 1.47. The summed E-state index contributed by atoms with van der Waals surface area (Å²) in [5.74, 6) is 0.708. The lowest BCUT2D eigenvalue weighted by Gasteiger charge is -2.08. The Morgan fingerprint density at radius 1 is 1.37 bits per heavy atom. The SMILES string of the molecule is COc1ccc(Br)c(C(=O)Nc2cccc(Cl)n2)c1. The molecule has 98 valence electrons. The molecular formula is C13H10BrClN2O2. The third kappa shape index (κ3) is 3.45. The van der Waals surface area contributed by atoms with Gasteiger partial charge in [-0.15, -0.1) is 0 Å². The van der Waals surface area contributed by atoms with Crippen molar-refractivity contribution >= 4 is 39.3 Å². The van der Waals surface area contributed by atoms with Gasteiger partial charge in [-0.25, -0.2) is 4.98 Å². The second-order valence-corrected chi connectivity index (χ2v) is 4.89. The molecule has 1 heterocycles. The Balaban J connectivity index is 2.25. The predicted octanol–water partition coefficient (Wildman–Crippen LogP) is 3.76. The van der Waals surface area contributed by atoms with Crippen LogP contribution in [0.2, 0.25) is 5.15 Å². The summed E-state index contributed by atoms with van der Waals surface area (Å²) in [6.07, 6.45) is 0. The molecule has 0 bridgehead atoms. The molecule has 0 aliphatic rings. The lowest BCUT2D eigenvalue weighted by atomic mass is 10.2. The van der Waals surface area contributed by atoms with E-state index in [0.29, 0.717) is 26.8 Å². The van der Waals surface area contributed by atoms with E-state index in [1.165, 1.54) is 0 Å². The van der Waals surface area contributed by atoms with E-state index >= 15 is 0 Å². The van der Waals surface area contributed by atoms with Gasteiger partial charge in [0.05, 0.1) is 12.7 Å². The first-order chi connectivity index (χ1) is 9.10. The lowest BCUT2D eigenvalue weighted by molar-refractivity contribution is 0.102. The summed E-state index contributed by atoms with van der Waals surface area (Å²) in [4.78, 5) is 16.1. The van der Waals surface area contributed by atoms with Crippen LogP contribution < -0.4 is 10.1 Å². The van der Waals surface area contributed by atoms with Gasteiger partial charge in [0, 0.05) is 4.47 Å². The van der Waals surface area contributed by atoms with Crippen LogP contribution in [-0.2, 0) is 0 Å². The van der Waals surface area contributed by atoms with E-state index in [1.54, 1.807) is 43.5 Å². The highest BCUT2D eigenvalue weighted by molar-refractivity contribution is 9.10. The number of methoxy groups -OCH3 is 1. The molecule has 6 heteroatoms. The van der Waals surface area contributed by atoms with Gasteiger partial charge in [-0.2, -0.15) is 0 Å². The Bertz CT molecular complexity index is 619. The number of nitrogens with one attached hydrogen (secondary N) is 1. The van der Waals surface area contributed by atoms with E-state index in [2.05, 4.69) is 26.2 Å². The molecule has 1 aromatic carbocycles. The molecule has 2 aromatic rings. The number of carbonyl (C=O) groups excluding carboxylic acids is 1. The maximum atomic E-state index is 12.1. The van der Waals surface area contributed by atoms with Crippen molar-refractivity contribution in [2.24, 2.45) is 0 Å². The smallest absolute Gasteiger partial charge is 0.258 e. The van der Waals surface area contributed by atoms with E-state index < -0.39 is 0 Å². The summed E-state index contributed by atoms with van der Waals surface area (Å²) in [5, 5.41) is 2.99. The summed E-state index contributed by atoms with van der Waals surface area (Å²) in [7, 11) is 1.55. The number of anilines is 1. The minimum atomic E-state index is -0.291. The van der Waals surface area contributed by atoms with Crippen LogP contribution >= 0.6 is 27.5 Å². The van der Waals surface area contributed by atoms with Gasteiger partial charge in [-0.3, -0.25) is 4.79 Å². The number of rotatable bonds is 3. The molecule has 2 rings (SSSR count). The first kappa shape index (κ1) is 13.8. The fraction of sp³-hybridized carbons (Fsp3) is 0.0769. The van der Waals surface area contributed by atoms with Gasteiger partial charge in [0.1, 0.15) is 16.7 Å². The third-order valence-electron chi connectivity index (χ3n) is 2.37. The summed E-state index contributed by atoms with van der Waals surface area (Å²) >= 11 is 9.09. The van der Waals surface area contributed by atoms with Gasteiger partial charge in [0.25, 0.3) is 5.91 Å². The molecule has 0 aliphatic heterocycles. The normalized spacial score (nSPS) is 10.1. The van der Waals surface area contributed by atoms with Crippen LogP contribution in [0, 0.1) is 0 Å². The number of carbonyl (C=O) groups is 1. The molecule has 1 aromatic heterocycles. The maximum Gasteiger partial charge on any atom is 0.258 e. The first-order valence-electron chi connectivity index (χ1n) is 5.37. The van der Waals surface area contributed by atoms with Crippen LogP contribution in [0.25, 0.3) is 0 Å². The van der Waals surface area contributed by atoms with Crippen molar-refractivity contribution in [3.63, 3.8) is 0 Å². The van der Waals surface area contributed by atoms with Crippen LogP contribution in [0.1, 0.15) is 10.4 Å². The van der Waals surface area contributed by atoms with Gasteiger partial charge in [0.2, 0.25) is 0 Å². The molecule has 1 amide bonds. The number of amides is 1. The Kier molecular flexibility index (Phi) is 4.39. The highest BCUT2D eigenvalue weighted by Gasteiger charge is 2.12. The van der Waals surface area contributed by atoms with Crippen LogP contribution in [-0.4, -0.2) is 18.0 Å². The molecule has 19 heavy (non-hydrogen) atoms. The zero-order valence-electron chi connectivity index (χ0n) is 9.98. The van der Waals surface area contributed by atoms with E-state index in [0.717, 1.165) is 0 Å². The van der Waals surface area contributed by atoms with Crippen molar-refractivity contribution in [1.82, 2.24) is 4.98 Å². The largest absolute Gasteiger partial charge is 0.497 e. The quantitative estimate of drug-likeness (QED) is 0.865. The molecule has 1 N–H and O–H groups in total. The van der Waals surface area contributed by atoms with Gasteiger partial charge in [-0.1, -0.05) is 17.7 Å². The third-order valence-corrected chi connectivity index (χ3v) is 3.28. The van der Waals surface area contributed by atoms with Gasteiger partial charge < -0.3 is 10.1 Å². The molecule has 0 unspecified atom stereocenters. The van der Waals surface area contributed by atoms with Crippen molar-refractivity contribution < 1.29 is 9.53 Å². The van der Waals surface area contributed by atoms with Gasteiger partial charge in [-0.05, 0) is 46.3 Å². The zero-order chi connectivity index (χ0) is 13.8. The van der Waals surface area contributed by atoms with Crippen molar-refractivity contribution in [2.45, 2.75) is 0 Å². The molecule has 0 aliphatic carbocycles. The van der Waals surface area contributed by atoms with Crippen LogP contribution in [0.4, 0.5) is 5.82 Å². The average molecular weight is 342 g/mol. The van der Waals surface area contributed by atoms with Crippen LogP contribution in [0.5, 0.6) is 5.75 Å². The molecule has 0 radical (unpaired) electrons. The number of hydrogen-bond donors (Lipinski definition) is 1. The maximum absolute atomic E-state index is 12.1. The molecule has 0 saturated heterocycles. The number of ether oxygens (including phenoxy) is 1. The summed E-state index contributed by atoms with van der Waals surface area (Å²) in [6, 6.07) is 10.2. The van der Waals surface area contributed by atoms with Gasteiger partial charge in [0.15, 0.2) is 0 Å². The molecule has 0 spiro atoms. The number of aromatic nitrogens is 1.